The number of halogens is 3. The lowest BCUT2D eigenvalue weighted by atomic mass is 10.0. The molecular formula is C30H33Cl3N6O3. The molecule has 12 heteroatoms. The third kappa shape index (κ3) is 7.33. The predicted molar refractivity (Wildman–Crippen MR) is 167 cm³/mol. The normalized spacial score (nSPS) is 17.7. The Labute approximate surface area is 260 Å². The van der Waals surface area contributed by atoms with Crippen molar-refractivity contribution in [2.45, 2.75) is 38.4 Å². The number of carbonyl (C=O) groups is 1. The molecule has 3 aromatic rings. The van der Waals surface area contributed by atoms with Crippen LogP contribution in [-0.2, 0) is 6.54 Å². The molecule has 9 nitrogen and oxygen atoms in total. The van der Waals surface area contributed by atoms with Gasteiger partial charge in [0, 0.05) is 57.1 Å². The minimum atomic E-state index is -0.451. The minimum absolute atomic E-state index is 0.00593. The van der Waals surface area contributed by atoms with Gasteiger partial charge >= 0.3 is 0 Å². The molecule has 2 aliphatic rings. The van der Waals surface area contributed by atoms with E-state index < -0.39 is 4.92 Å². The summed E-state index contributed by atoms with van der Waals surface area (Å²) in [4.78, 5) is 35.1. The van der Waals surface area contributed by atoms with Crippen LogP contribution < -0.4 is 10.2 Å². The average molecular weight is 632 g/mol. The van der Waals surface area contributed by atoms with E-state index in [1.54, 1.807) is 24.4 Å². The van der Waals surface area contributed by atoms with Gasteiger partial charge in [0.25, 0.3) is 11.6 Å². The van der Waals surface area contributed by atoms with E-state index in [1.165, 1.54) is 17.7 Å². The highest BCUT2D eigenvalue weighted by atomic mass is 35.5. The van der Waals surface area contributed by atoms with Crippen LogP contribution in [0.1, 0.15) is 47.3 Å². The van der Waals surface area contributed by atoms with Gasteiger partial charge in [-0.05, 0) is 62.2 Å². The van der Waals surface area contributed by atoms with Crippen LogP contribution in [0, 0.1) is 10.1 Å². The lowest BCUT2D eigenvalue weighted by Crippen LogP contribution is -2.53. The number of aromatic nitrogens is 1. The van der Waals surface area contributed by atoms with Crippen molar-refractivity contribution in [2.24, 2.45) is 0 Å². The number of likely N-dealkylation sites (tertiary alicyclic amines) is 1. The van der Waals surface area contributed by atoms with E-state index >= 15 is 0 Å². The van der Waals surface area contributed by atoms with Crippen LogP contribution in [0.25, 0.3) is 0 Å². The highest BCUT2D eigenvalue weighted by Crippen LogP contribution is 2.28. The van der Waals surface area contributed by atoms with Crippen molar-refractivity contribution in [3.63, 3.8) is 0 Å². The fourth-order valence-electron chi connectivity index (χ4n) is 5.67. The van der Waals surface area contributed by atoms with Gasteiger partial charge in [0.1, 0.15) is 5.82 Å². The van der Waals surface area contributed by atoms with Gasteiger partial charge in [-0.15, -0.1) is 0 Å². The van der Waals surface area contributed by atoms with Gasteiger partial charge in [-0.25, -0.2) is 4.98 Å². The molecule has 2 aromatic carbocycles. The Balaban J connectivity index is 1.10. The summed E-state index contributed by atoms with van der Waals surface area (Å²) in [6.07, 6.45) is 3.81. The van der Waals surface area contributed by atoms with E-state index in [9.17, 15) is 14.9 Å². The number of piperazine rings is 1. The molecule has 0 radical (unpaired) electrons. The highest BCUT2D eigenvalue weighted by Gasteiger charge is 2.29. The molecule has 42 heavy (non-hydrogen) atoms. The zero-order valence-corrected chi connectivity index (χ0v) is 25.6. The Kier molecular flexibility index (Phi) is 9.85. The lowest BCUT2D eigenvalue weighted by Gasteiger charge is -2.43. The molecule has 2 fully saturated rings. The molecule has 1 aromatic heterocycles. The number of hydrogen-bond acceptors (Lipinski definition) is 7. The van der Waals surface area contributed by atoms with Gasteiger partial charge in [0.2, 0.25) is 0 Å². The Morgan fingerprint density at radius 2 is 1.67 bits per heavy atom. The number of carbonyl (C=O) groups excluding carboxylic acids is 1. The third-order valence-electron chi connectivity index (χ3n) is 8.11. The van der Waals surface area contributed by atoms with Crippen LogP contribution in [-0.4, -0.2) is 70.9 Å². The molecule has 0 bridgehead atoms. The number of hydrogen-bond donors (Lipinski definition) is 1. The van der Waals surface area contributed by atoms with E-state index in [-0.39, 0.29) is 17.6 Å². The number of nitro groups is 1. The van der Waals surface area contributed by atoms with Crippen molar-refractivity contribution in [1.29, 1.82) is 0 Å². The number of non-ortho nitro benzene ring substituents is 1. The summed E-state index contributed by atoms with van der Waals surface area (Å²) < 4.78 is 0. The SMILES string of the molecule is CC(NC(=O)c1cnc(N2CCN(C3CCN(Cc4ccc(Cl)c(Cl)c4)CC3)CC2)c(Cl)c1)c1ccc([N+](=O)[O-])cc1. The molecule has 3 heterocycles. The summed E-state index contributed by atoms with van der Waals surface area (Å²) >= 11 is 18.9. The number of amides is 1. The van der Waals surface area contributed by atoms with Gasteiger partial charge in [0.05, 0.1) is 31.6 Å². The van der Waals surface area contributed by atoms with Crippen LogP contribution in [0.2, 0.25) is 15.1 Å². The van der Waals surface area contributed by atoms with E-state index in [0.29, 0.717) is 32.5 Å². The first-order chi connectivity index (χ1) is 20.2. The van der Waals surface area contributed by atoms with Gasteiger partial charge in [0.15, 0.2) is 0 Å². The van der Waals surface area contributed by atoms with Gasteiger partial charge in [-0.3, -0.25) is 24.7 Å². The maximum Gasteiger partial charge on any atom is 0.269 e. The maximum absolute atomic E-state index is 12.9. The first-order valence-corrected chi connectivity index (χ1v) is 15.2. The van der Waals surface area contributed by atoms with Gasteiger partial charge < -0.3 is 10.2 Å². The molecule has 1 unspecified atom stereocenters. The summed E-state index contributed by atoms with van der Waals surface area (Å²) in [6.45, 7) is 8.30. The largest absolute Gasteiger partial charge is 0.353 e. The average Bonchev–Trinajstić information content (AvgIpc) is 2.99. The molecule has 0 saturated carbocycles. The molecule has 2 saturated heterocycles. The summed E-state index contributed by atoms with van der Waals surface area (Å²) in [7, 11) is 0. The van der Waals surface area contributed by atoms with Crippen LogP contribution in [0.15, 0.2) is 54.7 Å². The maximum atomic E-state index is 12.9. The van der Waals surface area contributed by atoms with E-state index in [2.05, 4.69) is 25.0 Å². The molecule has 222 valence electrons. The number of nitrogens with one attached hydrogen (secondary N) is 1. The lowest BCUT2D eigenvalue weighted by molar-refractivity contribution is -0.384. The molecule has 0 aliphatic carbocycles. The Morgan fingerprint density at radius 3 is 2.29 bits per heavy atom. The minimum Gasteiger partial charge on any atom is -0.353 e. The standard InChI is InChI=1S/C30H33Cl3N6O3/c1-20(22-3-5-25(6-4-22)39(41)42)35-30(40)23-17-28(33)29(34-18-23)38-14-12-37(13-15-38)24-8-10-36(11-9-24)19-21-2-7-26(31)27(32)16-21/h2-7,16-18,20,24H,8-15,19H2,1H3,(H,35,40). The van der Waals surface area contributed by atoms with E-state index in [1.807, 2.05) is 25.1 Å². The Morgan fingerprint density at radius 1 is 0.976 bits per heavy atom. The third-order valence-corrected chi connectivity index (χ3v) is 9.13. The van der Waals surface area contributed by atoms with Crippen molar-refractivity contribution in [1.82, 2.24) is 20.1 Å². The topological polar surface area (TPSA) is 94.9 Å². The second-order valence-corrected chi connectivity index (χ2v) is 12.1. The second-order valence-electron chi connectivity index (χ2n) is 10.9. The number of piperidine rings is 1. The first kappa shape index (κ1) is 30.5. The molecule has 1 atom stereocenters. The van der Waals surface area contributed by atoms with E-state index in [0.717, 1.165) is 64.2 Å². The van der Waals surface area contributed by atoms with Crippen molar-refractivity contribution in [3.8, 4) is 0 Å². The molecule has 1 amide bonds. The summed E-state index contributed by atoms with van der Waals surface area (Å²) in [6, 6.07) is 13.8. The molecular weight excluding hydrogens is 599 g/mol. The molecule has 0 spiro atoms. The first-order valence-electron chi connectivity index (χ1n) is 14.0. The fourth-order valence-corrected chi connectivity index (χ4v) is 6.28. The Bertz CT molecular complexity index is 1420. The zero-order chi connectivity index (χ0) is 29.8. The second kappa shape index (κ2) is 13.6. The quantitative estimate of drug-likeness (QED) is 0.233. The fraction of sp³-hybridized carbons (Fsp3) is 0.400. The summed E-state index contributed by atoms with van der Waals surface area (Å²) in [5.74, 6) is 0.379. The monoisotopic (exact) mass is 630 g/mol. The zero-order valence-electron chi connectivity index (χ0n) is 23.3. The Hall–Kier alpha value is -2.95. The molecule has 5 rings (SSSR count). The highest BCUT2D eigenvalue weighted by molar-refractivity contribution is 6.42. The van der Waals surface area contributed by atoms with Crippen LogP contribution in [0.4, 0.5) is 11.5 Å². The summed E-state index contributed by atoms with van der Waals surface area (Å²) in [5.41, 5.74) is 2.32. The number of rotatable bonds is 8. The van der Waals surface area contributed by atoms with Crippen LogP contribution in [0.3, 0.4) is 0 Å². The van der Waals surface area contributed by atoms with Crippen molar-refractivity contribution >= 4 is 52.2 Å². The summed E-state index contributed by atoms with van der Waals surface area (Å²) in [5, 5.41) is 15.4. The molecule has 1 N–H and O–H groups in total. The molecule has 2 aliphatic heterocycles. The number of pyridine rings is 1. The number of benzene rings is 2. The van der Waals surface area contributed by atoms with Crippen LogP contribution in [0.5, 0.6) is 0 Å². The van der Waals surface area contributed by atoms with Crippen molar-refractivity contribution in [2.75, 3.05) is 44.2 Å². The number of nitro benzene ring substituents is 1. The smallest absolute Gasteiger partial charge is 0.269 e. The van der Waals surface area contributed by atoms with E-state index in [4.69, 9.17) is 34.8 Å². The number of anilines is 1. The van der Waals surface area contributed by atoms with Crippen molar-refractivity contribution < 1.29 is 9.72 Å². The predicted octanol–water partition coefficient (Wildman–Crippen LogP) is 6.23. The number of nitrogens with zero attached hydrogens (tertiary/aromatic N) is 5. The van der Waals surface area contributed by atoms with Gasteiger partial charge in [-0.1, -0.05) is 53.0 Å². The van der Waals surface area contributed by atoms with Gasteiger partial charge in [-0.2, -0.15) is 0 Å². The van der Waals surface area contributed by atoms with Crippen LogP contribution >= 0.6 is 34.8 Å². The van der Waals surface area contributed by atoms with Crippen molar-refractivity contribution in [3.05, 3.63) is 96.6 Å².